The minimum atomic E-state index is -1.33. The normalized spacial score (nSPS) is 16.6. The van der Waals surface area contributed by atoms with Gasteiger partial charge in [-0.15, -0.1) is 0 Å². The second-order valence-corrected chi connectivity index (χ2v) is 5.93. The topological polar surface area (TPSA) is 108 Å². The maximum Gasteiger partial charge on any atom is 0.350 e. The molecule has 0 radical (unpaired) electrons. The standard InChI is InChI=1S/C13H11IN2O6/c1-13(2)21-11(17)7(12(18)22-13)6-15-10-8(14)4-3-5-9(10)16(19)20/h3-6,15H,1-2H3. The maximum atomic E-state index is 11.8. The number of esters is 2. The van der Waals surface area contributed by atoms with E-state index in [1.807, 2.05) is 22.6 Å². The first kappa shape index (κ1) is 16.2. The van der Waals surface area contributed by atoms with E-state index in [2.05, 4.69) is 5.32 Å². The molecule has 116 valence electrons. The van der Waals surface area contributed by atoms with Gasteiger partial charge in [0.25, 0.3) is 11.5 Å². The molecule has 1 fully saturated rings. The predicted octanol–water partition coefficient (Wildman–Crippen LogP) is 2.33. The fourth-order valence-corrected chi connectivity index (χ4v) is 2.37. The van der Waals surface area contributed by atoms with Gasteiger partial charge >= 0.3 is 11.9 Å². The highest BCUT2D eigenvalue weighted by molar-refractivity contribution is 14.1. The summed E-state index contributed by atoms with van der Waals surface area (Å²) >= 11 is 1.90. The van der Waals surface area contributed by atoms with Crippen molar-refractivity contribution in [2.45, 2.75) is 19.6 Å². The molecule has 0 spiro atoms. The number of nitro groups is 1. The number of rotatable bonds is 3. The molecule has 9 heteroatoms. The van der Waals surface area contributed by atoms with E-state index in [0.717, 1.165) is 6.20 Å². The minimum absolute atomic E-state index is 0.172. The maximum absolute atomic E-state index is 11.8. The van der Waals surface area contributed by atoms with Gasteiger partial charge < -0.3 is 14.8 Å². The molecular formula is C13H11IN2O6. The molecule has 2 rings (SSSR count). The number of nitrogens with zero attached hydrogens (tertiary/aromatic N) is 1. The Morgan fingerprint density at radius 3 is 2.41 bits per heavy atom. The largest absolute Gasteiger partial charge is 0.419 e. The summed E-state index contributed by atoms with van der Waals surface area (Å²) in [6.45, 7) is 2.86. The number of hydrogen-bond donors (Lipinski definition) is 1. The Morgan fingerprint density at radius 1 is 1.27 bits per heavy atom. The number of halogens is 1. The van der Waals surface area contributed by atoms with E-state index in [-0.39, 0.29) is 16.9 Å². The number of para-hydroxylation sites is 1. The SMILES string of the molecule is CC1(C)OC(=O)C(=CNc2c(I)cccc2[N+](=O)[O-])C(=O)O1. The third kappa shape index (κ3) is 3.35. The first-order chi connectivity index (χ1) is 10.2. The number of benzene rings is 1. The van der Waals surface area contributed by atoms with Gasteiger partial charge in [0.1, 0.15) is 5.69 Å². The third-order valence-corrected chi connectivity index (χ3v) is 3.56. The summed E-state index contributed by atoms with van der Waals surface area (Å²) in [4.78, 5) is 34.0. The Kier molecular flexibility index (Phi) is 4.35. The number of anilines is 1. The van der Waals surface area contributed by atoms with Crippen molar-refractivity contribution >= 4 is 45.9 Å². The lowest BCUT2D eigenvalue weighted by Crippen LogP contribution is -2.42. The summed E-state index contributed by atoms with van der Waals surface area (Å²) in [6.07, 6.45) is 1.05. The quantitative estimate of drug-likeness (QED) is 0.201. The molecule has 1 aromatic rings. The molecule has 1 aliphatic rings. The Balaban J connectivity index is 2.31. The van der Waals surface area contributed by atoms with Crippen LogP contribution in [-0.4, -0.2) is 22.6 Å². The molecule has 0 aromatic heterocycles. The van der Waals surface area contributed by atoms with Gasteiger partial charge in [0.05, 0.1) is 4.92 Å². The van der Waals surface area contributed by atoms with Gasteiger partial charge in [-0.2, -0.15) is 0 Å². The summed E-state index contributed by atoms with van der Waals surface area (Å²) in [5.74, 6) is -3.05. The molecular weight excluding hydrogens is 407 g/mol. The molecule has 0 aliphatic carbocycles. The minimum Gasteiger partial charge on any atom is -0.419 e. The van der Waals surface area contributed by atoms with Crippen LogP contribution in [0.1, 0.15) is 13.8 Å². The molecule has 0 atom stereocenters. The number of cyclic esters (lactones) is 2. The van der Waals surface area contributed by atoms with Crippen LogP contribution in [0.3, 0.4) is 0 Å². The van der Waals surface area contributed by atoms with Crippen molar-refractivity contribution in [3.8, 4) is 0 Å². The van der Waals surface area contributed by atoms with Crippen molar-refractivity contribution in [3.05, 3.63) is 43.7 Å². The monoisotopic (exact) mass is 418 g/mol. The molecule has 22 heavy (non-hydrogen) atoms. The van der Waals surface area contributed by atoms with Crippen LogP contribution in [0.4, 0.5) is 11.4 Å². The van der Waals surface area contributed by atoms with E-state index in [1.54, 1.807) is 6.07 Å². The second-order valence-electron chi connectivity index (χ2n) is 4.77. The number of nitrogens with one attached hydrogen (secondary N) is 1. The van der Waals surface area contributed by atoms with Crippen molar-refractivity contribution in [3.63, 3.8) is 0 Å². The highest BCUT2D eigenvalue weighted by atomic mass is 127. The van der Waals surface area contributed by atoms with Crippen molar-refractivity contribution in [1.29, 1.82) is 0 Å². The predicted molar refractivity (Wildman–Crippen MR) is 83.8 cm³/mol. The Morgan fingerprint density at radius 2 is 1.86 bits per heavy atom. The molecule has 0 unspecified atom stereocenters. The Hall–Kier alpha value is -2.17. The third-order valence-electron chi connectivity index (χ3n) is 2.67. The van der Waals surface area contributed by atoms with Crippen molar-refractivity contribution in [2.75, 3.05) is 5.32 Å². The van der Waals surface area contributed by atoms with Crippen LogP contribution < -0.4 is 5.32 Å². The zero-order chi connectivity index (χ0) is 16.5. The summed E-state index contributed by atoms with van der Waals surface area (Å²) < 4.78 is 10.4. The fraction of sp³-hybridized carbons (Fsp3) is 0.231. The lowest BCUT2D eigenvalue weighted by atomic mass is 10.2. The zero-order valence-electron chi connectivity index (χ0n) is 11.6. The van der Waals surface area contributed by atoms with Gasteiger partial charge in [-0.05, 0) is 28.7 Å². The molecule has 1 heterocycles. The van der Waals surface area contributed by atoms with Crippen molar-refractivity contribution in [1.82, 2.24) is 0 Å². The van der Waals surface area contributed by atoms with Crippen LogP contribution in [0.15, 0.2) is 30.0 Å². The lowest BCUT2D eigenvalue weighted by molar-refractivity contribution is -0.384. The molecule has 8 nitrogen and oxygen atoms in total. The first-order valence-corrected chi connectivity index (χ1v) is 7.15. The van der Waals surface area contributed by atoms with Crippen LogP contribution >= 0.6 is 22.6 Å². The average Bonchev–Trinajstić information content (AvgIpc) is 2.37. The second kappa shape index (κ2) is 5.91. The van der Waals surface area contributed by atoms with Crippen LogP contribution in [0, 0.1) is 13.7 Å². The van der Waals surface area contributed by atoms with Crippen molar-refractivity contribution in [2.24, 2.45) is 0 Å². The molecule has 0 amide bonds. The van der Waals surface area contributed by atoms with Gasteiger partial charge in [-0.3, -0.25) is 10.1 Å². The highest BCUT2D eigenvalue weighted by Gasteiger charge is 2.39. The molecule has 1 aliphatic heterocycles. The van der Waals surface area contributed by atoms with E-state index in [9.17, 15) is 19.7 Å². The van der Waals surface area contributed by atoms with Crippen LogP contribution in [0.25, 0.3) is 0 Å². The van der Waals surface area contributed by atoms with Gasteiger partial charge in [0, 0.05) is 29.7 Å². The Bertz CT molecular complexity index is 676. The van der Waals surface area contributed by atoms with E-state index in [1.165, 1.54) is 26.0 Å². The van der Waals surface area contributed by atoms with E-state index in [4.69, 9.17) is 9.47 Å². The van der Waals surface area contributed by atoms with Gasteiger partial charge in [-0.25, -0.2) is 9.59 Å². The number of nitro benzene ring substituents is 1. The summed E-state index contributed by atoms with van der Waals surface area (Å²) in [7, 11) is 0. The van der Waals surface area contributed by atoms with Gasteiger partial charge in [0.2, 0.25) is 0 Å². The Labute approximate surface area is 138 Å². The van der Waals surface area contributed by atoms with Crippen LogP contribution in [0.2, 0.25) is 0 Å². The van der Waals surface area contributed by atoms with Crippen molar-refractivity contribution < 1.29 is 24.0 Å². The van der Waals surface area contributed by atoms with E-state index < -0.39 is 22.6 Å². The average molecular weight is 418 g/mol. The van der Waals surface area contributed by atoms with Crippen LogP contribution in [-0.2, 0) is 19.1 Å². The highest BCUT2D eigenvalue weighted by Crippen LogP contribution is 2.30. The number of carbonyl (C=O) groups is 2. The van der Waals surface area contributed by atoms with Gasteiger partial charge in [0.15, 0.2) is 5.57 Å². The molecule has 1 saturated heterocycles. The van der Waals surface area contributed by atoms with E-state index >= 15 is 0 Å². The fourth-order valence-electron chi connectivity index (χ4n) is 1.73. The molecule has 0 saturated carbocycles. The number of ether oxygens (including phenoxy) is 2. The van der Waals surface area contributed by atoms with E-state index in [0.29, 0.717) is 3.57 Å². The number of hydrogen-bond acceptors (Lipinski definition) is 7. The van der Waals surface area contributed by atoms with Crippen LogP contribution in [0.5, 0.6) is 0 Å². The van der Waals surface area contributed by atoms with Gasteiger partial charge in [-0.1, -0.05) is 6.07 Å². The molecule has 1 aromatic carbocycles. The number of carbonyl (C=O) groups excluding carboxylic acids is 2. The first-order valence-electron chi connectivity index (χ1n) is 6.07. The summed E-state index contributed by atoms with van der Waals surface area (Å²) in [5.41, 5.74) is -0.374. The summed E-state index contributed by atoms with van der Waals surface area (Å²) in [6, 6.07) is 4.49. The molecule has 1 N–H and O–H groups in total. The smallest absolute Gasteiger partial charge is 0.350 e. The lowest BCUT2D eigenvalue weighted by Gasteiger charge is -2.29. The summed E-state index contributed by atoms with van der Waals surface area (Å²) in [5, 5.41) is 13.6. The zero-order valence-corrected chi connectivity index (χ0v) is 13.7. The molecule has 0 bridgehead atoms.